The van der Waals surface area contributed by atoms with Gasteiger partial charge in [-0.05, 0) is 36.4 Å². The first-order valence-electron chi connectivity index (χ1n) is 9.68. The summed E-state index contributed by atoms with van der Waals surface area (Å²) in [7, 11) is 1.62. The molecule has 0 saturated heterocycles. The SMILES string of the molecule is COc1cccc(N2C(=O)c3ccccc3NC2c2cnn(-c3ccccc3)c2)c1. The van der Waals surface area contributed by atoms with Crippen molar-refractivity contribution in [2.75, 3.05) is 17.3 Å². The molecule has 0 bridgehead atoms. The number of ether oxygens (including phenoxy) is 1. The van der Waals surface area contributed by atoms with Gasteiger partial charge in [-0.25, -0.2) is 4.68 Å². The Balaban J connectivity index is 1.61. The number of fused-ring (bicyclic) bond motifs is 1. The summed E-state index contributed by atoms with van der Waals surface area (Å²) in [6.45, 7) is 0. The van der Waals surface area contributed by atoms with Crippen LogP contribution in [0.4, 0.5) is 11.4 Å². The molecule has 0 fully saturated rings. The van der Waals surface area contributed by atoms with E-state index in [2.05, 4.69) is 10.4 Å². The number of hydrogen-bond donors (Lipinski definition) is 1. The molecule has 1 amide bonds. The van der Waals surface area contributed by atoms with E-state index in [0.29, 0.717) is 11.3 Å². The number of para-hydroxylation sites is 2. The first-order valence-corrected chi connectivity index (χ1v) is 9.68. The third kappa shape index (κ3) is 3.08. The number of nitrogens with one attached hydrogen (secondary N) is 1. The van der Waals surface area contributed by atoms with E-state index in [9.17, 15) is 4.79 Å². The van der Waals surface area contributed by atoms with Crippen LogP contribution >= 0.6 is 0 Å². The van der Waals surface area contributed by atoms with Crippen molar-refractivity contribution in [3.05, 3.63) is 102 Å². The third-order valence-corrected chi connectivity index (χ3v) is 5.20. The summed E-state index contributed by atoms with van der Waals surface area (Å²) in [6, 6.07) is 25.0. The van der Waals surface area contributed by atoms with Crippen LogP contribution < -0.4 is 15.0 Å². The summed E-state index contributed by atoms with van der Waals surface area (Å²) in [5.74, 6) is 0.618. The van der Waals surface area contributed by atoms with E-state index >= 15 is 0 Å². The van der Waals surface area contributed by atoms with Crippen molar-refractivity contribution in [2.24, 2.45) is 0 Å². The Labute approximate surface area is 174 Å². The van der Waals surface area contributed by atoms with Crippen molar-refractivity contribution in [3.8, 4) is 11.4 Å². The Hall–Kier alpha value is -4.06. The molecular weight excluding hydrogens is 376 g/mol. The molecule has 6 heteroatoms. The second kappa shape index (κ2) is 7.40. The van der Waals surface area contributed by atoms with E-state index in [-0.39, 0.29) is 5.91 Å². The molecule has 2 heterocycles. The van der Waals surface area contributed by atoms with Crippen molar-refractivity contribution < 1.29 is 9.53 Å². The number of carbonyl (C=O) groups is 1. The average Bonchev–Trinajstić information content (AvgIpc) is 3.30. The summed E-state index contributed by atoms with van der Waals surface area (Å²) in [6.07, 6.45) is 3.33. The molecule has 0 aliphatic carbocycles. The highest BCUT2D eigenvalue weighted by atomic mass is 16.5. The molecule has 4 aromatic rings. The third-order valence-electron chi connectivity index (χ3n) is 5.20. The maximum atomic E-state index is 13.5. The molecule has 5 rings (SSSR count). The Morgan fingerprint density at radius 3 is 2.53 bits per heavy atom. The monoisotopic (exact) mass is 396 g/mol. The molecule has 148 valence electrons. The molecule has 1 aliphatic heterocycles. The minimum atomic E-state index is -0.406. The van der Waals surface area contributed by atoms with Crippen LogP contribution in [-0.4, -0.2) is 22.8 Å². The van der Waals surface area contributed by atoms with Crippen LogP contribution in [0.2, 0.25) is 0 Å². The van der Waals surface area contributed by atoms with Crippen LogP contribution in [0.3, 0.4) is 0 Å². The van der Waals surface area contributed by atoms with Gasteiger partial charge in [-0.15, -0.1) is 0 Å². The van der Waals surface area contributed by atoms with Gasteiger partial charge >= 0.3 is 0 Å². The standard InChI is InChI=1S/C24H20N4O2/c1-30-20-11-7-10-19(14-20)28-23(26-22-13-6-5-12-21(22)24(28)29)17-15-25-27(16-17)18-8-3-2-4-9-18/h2-16,23,26H,1H3. The number of nitrogens with zero attached hydrogens (tertiary/aromatic N) is 3. The van der Waals surface area contributed by atoms with Crippen molar-refractivity contribution in [1.29, 1.82) is 0 Å². The molecular formula is C24H20N4O2. The molecule has 1 aromatic heterocycles. The summed E-state index contributed by atoms with van der Waals surface area (Å²) < 4.78 is 7.19. The molecule has 30 heavy (non-hydrogen) atoms. The average molecular weight is 396 g/mol. The topological polar surface area (TPSA) is 59.4 Å². The summed E-state index contributed by atoms with van der Waals surface area (Å²) in [5, 5.41) is 8.02. The summed E-state index contributed by atoms with van der Waals surface area (Å²) in [5.41, 5.74) is 4.02. The fourth-order valence-electron chi connectivity index (χ4n) is 3.71. The summed E-state index contributed by atoms with van der Waals surface area (Å²) in [4.78, 5) is 15.2. The maximum Gasteiger partial charge on any atom is 0.262 e. The fourth-order valence-corrected chi connectivity index (χ4v) is 3.71. The van der Waals surface area contributed by atoms with E-state index in [4.69, 9.17) is 4.74 Å². The van der Waals surface area contributed by atoms with E-state index < -0.39 is 6.17 Å². The minimum absolute atomic E-state index is 0.0740. The first kappa shape index (κ1) is 18.0. The van der Waals surface area contributed by atoms with Crippen LogP contribution in [-0.2, 0) is 0 Å². The Morgan fingerprint density at radius 1 is 0.933 bits per heavy atom. The number of amides is 1. The lowest BCUT2D eigenvalue weighted by atomic mass is 10.0. The maximum absolute atomic E-state index is 13.5. The molecule has 0 saturated carbocycles. The number of aromatic nitrogens is 2. The molecule has 6 nitrogen and oxygen atoms in total. The number of benzene rings is 3. The van der Waals surface area contributed by atoms with Crippen LogP contribution in [0.1, 0.15) is 22.1 Å². The molecule has 1 atom stereocenters. The van der Waals surface area contributed by atoms with Crippen molar-refractivity contribution in [2.45, 2.75) is 6.17 Å². The van der Waals surface area contributed by atoms with Crippen LogP contribution in [0.25, 0.3) is 5.69 Å². The van der Waals surface area contributed by atoms with Crippen LogP contribution in [0.5, 0.6) is 5.75 Å². The largest absolute Gasteiger partial charge is 0.497 e. The second-order valence-electron chi connectivity index (χ2n) is 7.02. The zero-order chi connectivity index (χ0) is 20.5. The highest BCUT2D eigenvalue weighted by Crippen LogP contribution is 2.37. The number of anilines is 2. The predicted molar refractivity (Wildman–Crippen MR) is 116 cm³/mol. The van der Waals surface area contributed by atoms with Gasteiger partial charge in [0.25, 0.3) is 5.91 Å². The molecule has 3 aromatic carbocycles. The zero-order valence-corrected chi connectivity index (χ0v) is 16.4. The lowest BCUT2D eigenvalue weighted by Gasteiger charge is -2.37. The van der Waals surface area contributed by atoms with Gasteiger partial charge in [0.2, 0.25) is 0 Å². The van der Waals surface area contributed by atoms with Crippen LogP contribution in [0.15, 0.2) is 91.3 Å². The van der Waals surface area contributed by atoms with Gasteiger partial charge in [0, 0.05) is 23.5 Å². The Bertz CT molecular complexity index is 1200. The van der Waals surface area contributed by atoms with E-state index in [0.717, 1.165) is 22.6 Å². The summed E-state index contributed by atoms with van der Waals surface area (Å²) >= 11 is 0. The van der Waals surface area contributed by atoms with Gasteiger partial charge in [0.05, 0.1) is 30.2 Å². The minimum Gasteiger partial charge on any atom is -0.497 e. The smallest absolute Gasteiger partial charge is 0.262 e. The number of methoxy groups -OCH3 is 1. The lowest BCUT2D eigenvalue weighted by molar-refractivity contribution is 0.0975. The fraction of sp³-hybridized carbons (Fsp3) is 0.0833. The molecule has 1 aliphatic rings. The van der Waals surface area contributed by atoms with E-state index in [1.807, 2.05) is 89.7 Å². The van der Waals surface area contributed by atoms with E-state index in [1.165, 1.54) is 0 Å². The van der Waals surface area contributed by atoms with Crippen molar-refractivity contribution >= 4 is 17.3 Å². The van der Waals surface area contributed by atoms with E-state index in [1.54, 1.807) is 18.2 Å². The van der Waals surface area contributed by atoms with Crippen LogP contribution in [0, 0.1) is 0 Å². The van der Waals surface area contributed by atoms with Gasteiger partial charge in [-0.3, -0.25) is 9.69 Å². The van der Waals surface area contributed by atoms with Gasteiger partial charge in [0.1, 0.15) is 11.9 Å². The lowest BCUT2D eigenvalue weighted by Crippen LogP contribution is -2.43. The Morgan fingerprint density at radius 2 is 1.70 bits per heavy atom. The van der Waals surface area contributed by atoms with Gasteiger partial charge in [-0.2, -0.15) is 5.10 Å². The zero-order valence-electron chi connectivity index (χ0n) is 16.4. The number of carbonyl (C=O) groups excluding carboxylic acids is 1. The molecule has 0 spiro atoms. The quantitative estimate of drug-likeness (QED) is 0.545. The number of hydrogen-bond acceptors (Lipinski definition) is 4. The molecule has 0 radical (unpaired) electrons. The molecule has 1 unspecified atom stereocenters. The second-order valence-corrected chi connectivity index (χ2v) is 7.02. The van der Waals surface area contributed by atoms with Crippen molar-refractivity contribution in [3.63, 3.8) is 0 Å². The van der Waals surface area contributed by atoms with Gasteiger partial charge in [-0.1, -0.05) is 36.4 Å². The highest BCUT2D eigenvalue weighted by Gasteiger charge is 2.34. The predicted octanol–water partition coefficient (Wildman–Crippen LogP) is 4.65. The van der Waals surface area contributed by atoms with Crippen molar-refractivity contribution in [1.82, 2.24) is 9.78 Å². The normalized spacial score (nSPS) is 15.4. The van der Waals surface area contributed by atoms with Gasteiger partial charge < -0.3 is 10.1 Å². The number of rotatable bonds is 4. The first-order chi connectivity index (χ1) is 14.7. The van der Waals surface area contributed by atoms with Gasteiger partial charge in [0.15, 0.2) is 0 Å². The molecule has 1 N–H and O–H groups in total. The highest BCUT2D eigenvalue weighted by molar-refractivity contribution is 6.12. The Kier molecular flexibility index (Phi) is 4.44.